The number of piperazine rings is 1. The number of rotatable bonds is 2. The first kappa shape index (κ1) is 15.4. The maximum absolute atomic E-state index is 12.8. The molecule has 6 nitrogen and oxygen atoms in total. The number of nitrogens with one attached hydrogen (secondary N) is 2. The molecule has 0 aromatic heterocycles. The summed E-state index contributed by atoms with van der Waals surface area (Å²) in [5.74, 6) is 0.228. The van der Waals surface area contributed by atoms with Crippen molar-refractivity contribution in [3.8, 4) is 0 Å². The zero-order valence-electron chi connectivity index (χ0n) is 11.9. The van der Waals surface area contributed by atoms with Crippen LogP contribution in [0, 0.1) is 0 Å². The molecule has 0 aromatic rings. The lowest BCUT2D eigenvalue weighted by Crippen LogP contribution is -2.61. The van der Waals surface area contributed by atoms with E-state index in [1.165, 1.54) is 0 Å². The molecule has 20 heavy (non-hydrogen) atoms. The largest absolute Gasteiger partial charge is 0.337 e. The minimum Gasteiger partial charge on any atom is -0.337 e. The first-order chi connectivity index (χ1) is 9.16. The van der Waals surface area contributed by atoms with Gasteiger partial charge in [-0.05, 0) is 25.8 Å². The van der Waals surface area contributed by atoms with Crippen LogP contribution in [0.15, 0.2) is 0 Å². The van der Waals surface area contributed by atoms with E-state index < -0.39 is 0 Å². The number of amides is 3. The van der Waals surface area contributed by atoms with Crippen LogP contribution in [-0.2, 0) is 4.79 Å². The quantitative estimate of drug-likeness (QED) is 0.765. The van der Waals surface area contributed by atoms with Gasteiger partial charge >= 0.3 is 6.03 Å². The molecule has 3 aliphatic heterocycles. The lowest BCUT2D eigenvalue weighted by molar-refractivity contribution is -0.140. The van der Waals surface area contributed by atoms with E-state index in [0.29, 0.717) is 26.2 Å². The Kier molecular flexibility index (Phi) is 4.44. The number of hydrogen-bond acceptors (Lipinski definition) is 3. The van der Waals surface area contributed by atoms with Crippen LogP contribution in [0.2, 0.25) is 0 Å². The number of halogens is 1. The Morgan fingerprint density at radius 3 is 2.90 bits per heavy atom. The smallest absolute Gasteiger partial charge is 0.317 e. The van der Waals surface area contributed by atoms with Crippen LogP contribution in [0.4, 0.5) is 4.79 Å². The highest BCUT2D eigenvalue weighted by molar-refractivity contribution is 5.87. The first-order valence-electron chi connectivity index (χ1n) is 7.25. The number of urea groups is 1. The molecule has 0 aliphatic carbocycles. The molecule has 3 rings (SSSR count). The molecule has 2 atom stereocenters. The highest BCUT2D eigenvalue weighted by Crippen LogP contribution is 2.27. The maximum atomic E-state index is 12.8. The van der Waals surface area contributed by atoms with Gasteiger partial charge in [-0.15, -0.1) is 12.4 Å². The molecule has 2 N–H and O–H groups in total. The van der Waals surface area contributed by atoms with Crippen LogP contribution in [0.25, 0.3) is 0 Å². The van der Waals surface area contributed by atoms with E-state index in [-0.39, 0.29) is 35.9 Å². The molecular weight excluding hydrogens is 280 g/mol. The van der Waals surface area contributed by atoms with Gasteiger partial charge in [0.1, 0.15) is 0 Å². The van der Waals surface area contributed by atoms with Gasteiger partial charge in [0, 0.05) is 26.2 Å². The Hall–Kier alpha value is -1.01. The summed E-state index contributed by atoms with van der Waals surface area (Å²) in [6, 6.07) is 0.168. The number of carbonyl (C=O) groups excluding carboxylic acids is 2. The zero-order valence-corrected chi connectivity index (χ0v) is 12.7. The van der Waals surface area contributed by atoms with Crippen molar-refractivity contribution in [2.24, 2.45) is 0 Å². The van der Waals surface area contributed by atoms with Gasteiger partial charge in [-0.25, -0.2) is 4.79 Å². The second-order valence-electron chi connectivity index (χ2n) is 5.75. The van der Waals surface area contributed by atoms with E-state index in [1.54, 1.807) is 0 Å². The summed E-state index contributed by atoms with van der Waals surface area (Å²) in [6.07, 6.45) is 2.85. The molecular formula is C13H23ClN4O2. The zero-order chi connectivity index (χ0) is 13.5. The van der Waals surface area contributed by atoms with Gasteiger partial charge in [-0.3, -0.25) is 4.79 Å². The van der Waals surface area contributed by atoms with E-state index in [2.05, 4.69) is 17.6 Å². The number of fused-ring (bicyclic) bond motifs is 1. The Balaban J connectivity index is 0.00000147. The molecule has 3 aliphatic rings. The number of carbonyl (C=O) groups is 2. The number of nitrogens with zero attached hydrogens (tertiary/aromatic N) is 2. The van der Waals surface area contributed by atoms with E-state index in [1.807, 2.05) is 9.80 Å². The van der Waals surface area contributed by atoms with Crippen LogP contribution < -0.4 is 10.6 Å². The fraction of sp³-hybridized carbons (Fsp3) is 0.846. The molecule has 3 fully saturated rings. The monoisotopic (exact) mass is 302 g/mol. The van der Waals surface area contributed by atoms with Gasteiger partial charge in [0.25, 0.3) is 0 Å². The Morgan fingerprint density at radius 1 is 1.45 bits per heavy atom. The molecule has 0 radical (unpaired) electrons. The van der Waals surface area contributed by atoms with Gasteiger partial charge in [0.15, 0.2) is 0 Å². The molecule has 0 spiro atoms. The predicted octanol–water partition coefficient (Wildman–Crippen LogP) is 0.176. The SMILES string of the molecule is CCC1(C(=O)N2CCN3C(=O)NCC3C2)CCCN1.Cl. The molecule has 2 unspecified atom stereocenters. The normalized spacial score (nSPS) is 32.6. The maximum Gasteiger partial charge on any atom is 0.317 e. The highest BCUT2D eigenvalue weighted by atomic mass is 35.5. The lowest BCUT2D eigenvalue weighted by atomic mass is 9.92. The van der Waals surface area contributed by atoms with Crippen LogP contribution in [-0.4, -0.2) is 66.0 Å². The van der Waals surface area contributed by atoms with E-state index in [0.717, 1.165) is 25.8 Å². The van der Waals surface area contributed by atoms with Gasteiger partial charge in [-0.1, -0.05) is 6.92 Å². The van der Waals surface area contributed by atoms with Crippen molar-refractivity contribution >= 4 is 24.3 Å². The Bertz CT molecular complexity index is 398. The summed E-state index contributed by atoms with van der Waals surface area (Å²) in [7, 11) is 0. The summed E-state index contributed by atoms with van der Waals surface area (Å²) in [5, 5.41) is 6.25. The third-order valence-electron chi connectivity index (χ3n) is 4.78. The highest BCUT2D eigenvalue weighted by Gasteiger charge is 2.45. The van der Waals surface area contributed by atoms with Crippen LogP contribution in [0.1, 0.15) is 26.2 Å². The molecule has 3 saturated heterocycles. The lowest BCUT2D eigenvalue weighted by Gasteiger charge is -2.40. The standard InChI is InChI=1S/C13H22N4O2.ClH/c1-2-13(4-3-5-15-13)11(18)16-6-7-17-10(9-16)8-14-12(17)19;/h10,15H,2-9H2,1H3,(H,14,19);1H. The van der Waals surface area contributed by atoms with Crippen molar-refractivity contribution in [3.05, 3.63) is 0 Å². The van der Waals surface area contributed by atoms with Gasteiger partial charge < -0.3 is 20.4 Å². The fourth-order valence-corrected chi connectivity index (χ4v) is 3.53. The summed E-state index contributed by atoms with van der Waals surface area (Å²) in [6.45, 7) is 5.65. The molecule has 3 amide bonds. The van der Waals surface area contributed by atoms with Gasteiger partial charge in [-0.2, -0.15) is 0 Å². The van der Waals surface area contributed by atoms with Gasteiger partial charge in [0.2, 0.25) is 5.91 Å². The van der Waals surface area contributed by atoms with Crippen molar-refractivity contribution < 1.29 is 9.59 Å². The predicted molar refractivity (Wildman–Crippen MR) is 78.0 cm³/mol. The molecule has 3 heterocycles. The summed E-state index contributed by atoms with van der Waals surface area (Å²) in [4.78, 5) is 28.1. The van der Waals surface area contributed by atoms with Gasteiger partial charge in [0.05, 0.1) is 11.6 Å². The van der Waals surface area contributed by atoms with Crippen LogP contribution in [0.3, 0.4) is 0 Å². The number of hydrogen-bond donors (Lipinski definition) is 2. The second kappa shape index (κ2) is 5.77. The third-order valence-corrected chi connectivity index (χ3v) is 4.78. The molecule has 114 valence electrons. The van der Waals surface area contributed by atoms with E-state index in [9.17, 15) is 9.59 Å². The Labute approximate surface area is 125 Å². The molecule has 7 heteroatoms. The summed E-state index contributed by atoms with van der Waals surface area (Å²) < 4.78 is 0. The van der Waals surface area contributed by atoms with Crippen molar-refractivity contribution in [1.82, 2.24) is 20.4 Å². The summed E-state index contributed by atoms with van der Waals surface area (Å²) >= 11 is 0. The van der Waals surface area contributed by atoms with Crippen molar-refractivity contribution in [3.63, 3.8) is 0 Å². The van der Waals surface area contributed by atoms with Crippen molar-refractivity contribution in [1.29, 1.82) is 0 Å². The minimum absolute atomic E-state index is 0. The topological polar surface area (TPSA) is 64.7 Å². The van der Waals surface area contributed by atoms with Crippen molar-refractivity contribution in [2.45, 2.75) is 37.8 Å². The van der Waals surface area contributed by atoms with E-state index in [4.69, 9.17) is 0 Å². The minimum atomic E-state index is -0.349. The molecule has 0 saturated carbocycles. The first-order valence-corrected chi connectivity index (χ1v) is 7.25. The Morgan fingerprint density at radius 2 is 2.25 bits per heavy atom. The van der Waals surface area contributed by atoms with Crippen LogP contribution in [0.5, 0.6) is 0 Å². The molecule has 0 aromatic carbocycles. The average molecular weight is 303 g/mol. The van der Waals surface area contributed by atoms with E-state index >= 15 is 0 Å². The average Bonchev–Trinajstić information content (AvgIpc) is 3.06. The third kappa shape index (κ3) is 2.35. The van der Waals surface area contributed by atoms with Crippen molar-refractivity contribution in [2.75, 3.05) is 32.7 Å². The fourth-order valence-electron chi connectivity index (χ4n) is 3.53. The molecule has 0 bridgehead atoms. The second-order valence-corrected chi connectivity index (χ2v) is 5.75. The van der Waals surface area contributed by atoms with Crippen LogP contribution >= 0.6 is 12.4 Å². The summed E-state index contributed by atoms with van der Waals surface area (Å²) in [5.41, 5.74) is -0.349.